The number of likely N-dealkylation sites (N-methyl/N-ethyl adjacent to an activating group) is 1. The second-order valence-electron chi connectivity index (χ2n) is 7.67. The number of nitrogens with zero attached hydrogens (tertiary/aromatic N) is 1. The first-order chi connectivity index (χ1) is 15.3. The molecule has 0 aliphatic carbocycles. The van der Waals surface area contributed by atoms with Gasteiger partial charge >= 0.3 is 5.97 Å². The average Bonchev–Trinajstić information content (AvgIpc) is 3.25. The number of carboxylic acid groups (broad SMARTS) is 1. The van der Waals surface area contributed by atoms with Gasteiger partial charge < -0.3 is 20.1 Å². The zero-order valence-corrected chi connectivity index (χ0v) is 18.6. The van der Waals surface area contributed by atoms with Gasteiger partial charge in [-0.2, -0.15) is 0 Å². The molecule has 2 aromatic carbocycles. The van der Waals surface area contributed by atoms with Gasteiger partial charge in [0.1, 0.15) is 16.0 Å². The van der Waals surface area contributed by atoms with Crippen LogP contribution >= 0.6 is 22.9 Å². The molecule has 32 heavy (non-hydrogen) atoms. The smallest absolute Gasteiger partial charge is 0.346 e. The minimum Gasteiger partial charge on any atom is -0.497 e. The summed E-state index contributed by atoms with van der Waals surface area (Å²) in [5, 5.41) is 13.2. The summed E-state index contributed by atoms with van der Waals surface area (Å²) in [6.45, 7) is 0. The molecule has 9 heteroatoms. The van der Waals surface area contributed by atoms with Crippen LogP contribution < -0.4 is 15.0 Å². The van der Waals surface area contributed by atoms with Crippen molar-refractivity contribution < 1.29 is 24.2 Å². The molecule has 0 saturated heterocycles. The summed E-state index contributed by atoms with van der Waals surface area (Å²) in [5.41, 5.74) is 1.14. The Balaban J connectivity index is 1.83. The second-order valence-corrected chi connectivity index (χ2v) is 9.10. The van der Waals surface area contributed by atoms with Crippen LogP contribution in [0.25, 0.3) is 11.1 Å². The van der Waals surface area contributed by atoms with Crippen molar-refractivity contribution in [1.82, 2.24) is 0 Å². The molecule has 2 amide bonds. The van der Waals surface area contributed by atoms with Crippen molar-refractivity contribution in [3.63, 3.8) is 0 Å². The number of ether oxygens (including phenoxy) is 1. The Morgan fingerprint density at radius 2 is 1.94 bits per heavy atom. The molecule has 3 aromatic rings. The van der Waals surface area contributed by atoms with Crippen molar-refractivity contribution in [2.75, 3.05) is 24.4 Å². The van der Waals surface area contributed by atoms with E-state index >= 15 is 0 Å². The fraction of sp³-hybridized carbons (Fsp3) is 0.174. The summed E-state index contributed by atoms with van der Waals surface area (Å²) in [5.74, 6) is -1.19. The monoisotopic (exact) mass is 468 g/mol. The number of aromatic carboxylic acids is 1. The lowest BCUT2D eigenvalue weighted by atomic mass is 9.74. The third-order valence-corrected chi connectivity index (χ3v) is 7.66. The third kappa shape index (κ3) is 2.63. The first-order valence-corrected chi connectivity index (χ1v) is 10.9. The maximum atomic E-state index is 13.6. The van der Waals surface area contributed by atoms with Gasteiger partial charge in [-0.1, -0.05) is 35.9 Å². The molecule has 5 rings (SSSR count). The molecule has 1 atom stereocenters. The standard InChI is InChI=1S/C23H17ClN2O5S/c1-26-18-13(4-3-5-14(18)24)23(22(26)30)10-15(27)25-17-16(19(21(28)29)32-20(17)23)11-6-8-12(31-2)9-7-11/h3-9H,10H2,1-2H3,(H,25,27)(H,28,29)/t23-/m0/s1. The van der Waals surface area contributed by atoms with Gasteiger partial charge in [-0.15, -0.1) is 11.3 Å². The number of anilines is 2. The van der Waals surface area contributed by atoms with Crippen LogP contribution in [0.1, 0.15) is 26.5 Å². The van der Waals surface area contributed by atoms with Crippen LogP contribution in [-0.4, -0.2) is 37.0 Å². The van der Waals surface area contributed by atoms with Gasteiger partial charge in [-0.25, -0.2) is 4.79 Å². The highest BCUT2D eigenvalue weighted by atomic mass is 35.5. The third-order valence-electron chi connectivity index (χ3n) is 6.01. The summed E-state index contributed by atoms with van der Waals surface area (Å²) >= 11 is 7.42. The van der Waals surface area contributed by atoms with Crippen LogP contribution in [0.3, 0.4) is 0 Å². The highest BCUT2D eigenvalue weighted by Crippen LogP contribution is 2.58. The Morgan fingerprint density at radius 3 is 2.59 bits per heavy atom. The summed E-state index contributed by atoms with van der Waals surface area (Å²) in [6.07, 6.45) is -0.127. The quantitative estimate of drug-likeness (QED) is 0.594. The number of carbonyl (C=O) groups is 3. The van der Waals surface area contributed by atoms with Gasteiger partial charge in [0.05, 0.1) is 34.8 Å². The maximum Gasteiger partial charge on any atom is 0.346 e. The van der Waals surface area contributed by atoms with Gasteiger partial charge in [0, 0.05) is 12.6 Å². The fourth-order valence-electron chi connectivity index (χ4n) is 4.63. The van der Waals surface area contributed by atoms with E-state index in [0.29, 0.717) is 43.7 Å². The molecule has 162 valence electrons. The molecule has 2 aliphatic rings. The highest BCUT2D eigenvalue weighted by molar-refractivity contribution is 7.15. The van der Waals surface area contributed by atoms with E-state index in [2.05, 4.69) is 5.32 Å². The number of hydrogen-bond donors (Lipinski definition) is 2. The second kappa shape index (κ2) is 7.08. The lowest BCUT2D eigenvalue weighted by Crippen LogP contribution is -2.45. The largest absolute Gasteiger partial charge is 0.497 e. The van der Waals surface area contributed by atoms with Crippen molar-refractivity contribution in [2.45, 2.75) is 11.8 Å². The molecule has 0 fully saturated rings. The van der Waals surface area contributed by atoms with Crippen LogP contribution in [0.4, 0.5) is 11.4 Å². The number of fused-ring (bicyclic) bond motifs is 4. The van der Waals surface area contributed by atoms with Crippen molar-refractivity contribution in [1.29, 1.82) is 0 Å². The molecule has 0 bridgehead atoms. The summed E-state index contributed by atoms with van der Waals surface area (Å²) in [7, 11) is 3.16. The Labute approximate surface area is 192 Å². The SMILES string of the molecule is COc1ccc(-c2c(C(=O)O)sc3c2NC(=O)C[C@@]32C(=O)N(C)c3c(Cl)cccc32)cc1. The fourth-order valence-corrected chi connectivity index (χ4v) is 6.25. The zero-order chi connectivity index (χ0) is 22.8. The predicted octanol–water partition coefficient (Wildman–Crippen LogP) is 4.38. The molecule has 3 heterocycles. The van der Waals surface area contributed by atoms with Crippen molar-refractivity contribution in [2.24, 2.45) is 0 Å². The van der Waals surface area contributed by atoms with Gasteiger partial charge in [0.25, 0.3) is 0 Å². The molecule has 0 unspecified atom stereocenters. The van der Waals surface area contributed by atoms with Crippen LogP contribution in [-0.2, 0) is 15.0 Å². The van der Waals surface area contributed by atoms with Crippen molar-refractivity contribution >= 4 is 52.1 Å². The lowest BCUT2D eigenvalue weighted by molar-refractivity contribution is -0.126. The van der Waals surface area contributed by atoms with Crippen LogP contribution in [0.15, 0.2) is 42.5 Å². The first kappa shape index (κ1) is 20.5. The highest BCUT2D eigenvalue weighted by Gasteiger charge is 2.57. The maximum absolute atomic E-state index is 13.6. The molecule has 7 nitrogen and oxygen atoms in total. The van der Waals surface area contributed by atoms with Crippen molar-refractivity contribution in [3.8, 4) is 16.9 Å². The number of hydrogen-bond acceptors (Lipinski definition) is 5. The Bertz CT molecular complexity index is 1320. The number of halogens is 1. The number of rotatable bonds is 3. The Kier molecular flexibility index (Phi) is 4.54. The van der Waals surface area contributed by atoms with Crippen LogP contribution in [0.2, 0.25) is 5.02 Å². The zero-order valence-electron chi connectivity index (χ0n) is 17.1. The summed E-state index contributed by atoms with van der Waals surface area (Å²) in [6, 6.07) is 12.1. The Hall–Kier alpha value is -3.36. The number of para-hydroxylation sites is 1. The van der Waals surface area contributed by atoms with E-state index in [9.17, 15) is 19.5 Å². The van der Waals surface area contributed by atoms with E-state index < -0.39 is 11.4 Å². The van der Waals surface area contributed by atoms with E-state index in [0.717, 1.165) is 11.3 Å². The molecule has 2 aliphatic heterocycles. The minimum atomic E-state index is -1.33. The van der Waals surface area contributed by atoms with Gasteiger partial charge in [0.15, 0.2) is 0 Å². The molecule has 0 saturated carbocycles. The molecule has 1 aromatic heterocycles. The van der Waals surface area contributed by atoms with Crippen LogP contribution in [0.5, 0.6) is 5.75 Å². The van der Waals surface area contributed by atoms with Crippen LogP contribution in [0, 0.1) is 0 Å². The van der Waals surface area contributed by atoms with E-state index in [1.54, 1.807) is 56.6 Å². The Morgan fingerprint density at radius 1 is 1.22 bits per heavy atom. The predicted molar refractivity (Wildman–Crippen MR) is 122 cm³/mol. The topological polar surface area (TPSA) is 95.9 Å². The normalized spacial score (nSPS) is 19.0. The molecule has 1 spiro atoms. The lowest BCUT2D eigenvalue weighted by Gasteiger charge is -2.32. The van der Waals surface area contributed by atoms with E-state index in [4.69, 9.17) is 16.3 Å². The molecular weight excluding hydrogens is 452 g/mol. The molecule has 0 radical (unpaired) electrons. The summed E-state index contributed by atoms with van der Waals surface area (Å²) in [4.78, 5) is 40.8. The van der Waals surface area contributed by atoms with Gasteiger partial charge in [-0.3, -0.25) is 9.59 Å². The number of thiophene rings is 1. The minimum absolute atomic E-state index is 0.0488. The van der Waals surface area contributed by atoms with Gasteiger partial charge in [-0.05, 0) is 29.3 Å². The van der Waals surface area contributed by atoms with E-state index in [-0.39, 0.29) is 23.1 Å². The molecule has 2 N–H and O–H groups in total. The number of nitrogens with one attached hydrogen (secondary N) is 1. The number of carbonyl (C=O) groups excluding carboxylic acids is 2. The number of amides is 2. The van der Waals surface area contributed by atoms with E-state index in [1.165, 1.54) is 4.90 Å². The van der Waals surface area contributed by atoms with Gasteiger partial charge in [0.2, 0.25) is 11.8 Å². The summed E-state index contributed by atoms with van der Waals surface area (Å²) < 4.78 is 5.20. The molecular formula is C23H17ClN2O5S. The number of methoxy groups -OCH3 is 1. The van der Waals surface area contributed by atoms with Crippen molar-refractivity contribution in [3.05, 3.63) is 62.8 Å². The average molecular weight is 469 g/mol. The number of benzene rings is 2. The first-order valence-electron chi connectivity index (χ1n) is 9.71. The van der Waals surface area contributed by atoms with E-state index in [1.807, 2.05) is 0 Å². The number of carboxylic acids is 1.